The van der Waals surface area contributed by atoms with Crippen LogP contribution in [0.2, 0.25) is 0 Å². The zero-order valence-electron chi connectivity index (χ0n) is 16.6. The summed E-state index contributed by atoms with van der Waals surface area (Å²) in [5, 5.41) is 3.10. The molecule has 4 heteroatoms. The highest BCUT2D eigenvalue weighted by Crippen LogP contribution is 2.14. The van der Waals surface area contributed by atoms with Crippen molar-refractivity contribution in [1.29, 1.82) is 0 Å². The summed E-state index contributed by atoms with van der Waals surface area (Å²) in [5.74, 6) is 0.0793. The number of piperazine rings is 1. The summed E-state index contributed by atoms with van der Waals surface area (Å²) >= 11 is 0. The average Bonchev–Trinajstić information content (AvgIpc) is 2.70. The molecule has 1 aliphatic heterocycles. The largest absolute Gasteiger partial charge is 0.352 e. The second-order valence-electron chi connectivity index (χ2n) is 7.36. The van der Waals surface area contributed by atoms with Crippen molar-refractivity contribution >= 4 is 5.91 Å². The summed E-state index contributed by atoms with van der Waals surface area (Å²) in [6.45, 7) is 11.5. The number of nitrogens with zero attached hydrogens (tertiary/aromatic N) is 2. The van der Waals surface area contributed by atoms with Crippen LogP contribution < -0.4 is 5.32 Å². The molecule has 3 rings (SSSR count). The van der Waals surface area contributed by atoms with Crippen LogP contribution >= 0.6 is 0 Å². The van der Waals surface area contributed by atoms with E-state index in [0.717, 1.165) is 44.8 Å². The van der Waals surface area contributed by atoms with Crippen molar-refractivity contribution in [2.45, 2.75) is 33.4 Å². The highest BCUT2D eigenvalue weighted by atomic mass is 16.1. The fraction of sp³-hybridized carbons (Fsp3) is 0.435. The van der Waals surface area contributed by atoms with Crippen molar-refractivity contribution < 1.29 is 4.79 Å². The predicted molar refractivity (Wildman–Crippen MR) is 111 cm³/mol. The van der Waals surface area contributed by atoms with Gasteiger partial charge in [0.2, 0.25) is 5.91 Å². The Morgan fingerprint density at radius 1 is 0.889 bits per heavy atom. The van der Waals surface area contributed by atoms with E-state index in [2.05, 4.69) is 59.3 Å². The van der Waals surface area contributed by atoms with Gasteiger partial charge in [0.1, 0.15) is 0 Å². The van der Waals surface area contributed by atoms with E-state index in [4.69, 9.17) is 0 Å². The Kier molecular flexibility index (Phi) is 7.02. The zero-order chi connectivity index (χ0) is 19.1. The minimum absolute atomic E-state index is 0.0793. The average molecular weight is 366 g/mol. The number of aryl methyl sites for hydroxylation is 1. The number of carbonyl (C=O) groups excluding carboxylic acids is 1. The van der Waals surface area contributed by atoms with Crippen molar-refractivity contribution in [1.82, 2.24) is 15.1 Å². The van der Waals surface area contributed by atoms with Gasteiger partial charge in [0.25, 0.3) is 0 Å². The lowest BCUT2D eigenvalue weighted by molar-refractivity contribution is -0.120. The van der Waals surface area contributed by atoms with Crippen molar-refractivity contribution in [2.24, 2.45) is 0 Å². The summed E-state index contributed by atoms with van der Waals surface area (Å²) in [6, 6.07) is 16.5. The number of benzene rings is 2. The molecule has 2 aromatic carbocycles. The Morgan fingerprint density at radius 3 is 2.15 bits per heavy atom. The van der Waals surface area contributed by atoms with Gasteiger partial charge < -0.3 is 10.2 Å². The highest BCUT2D eigenvalue weighted by Gasteiger charge is 2.16. The van der Waals surface area contributed by atoms with Gasteiger partial charge in [-0.1, -0.05) is 55.5 Å². The monoisotopic (exact) mass is 365 g/mol. The van der Waals surface area contributed by atoms with Crippen molar-refractivity contribution in [3.05, 3.63) is 70.8 Å². The van der Waals surface area contributed by atoms with Crippen molar-refractivity contribution in [3.8, 4) is 0 Å². The van der Waals surface area contributed by atoms with E-state index in [0.29, 0.717) is 13.0 Å². The Hall–Kier alpha value is -2.17. The lowest BCUT2D eigenvalue weighted by Crippen LogP contribution is -2.45. The first-order valence-corrected chi connectivity index (χ1v) is 9.98. The number of carbonyl (C=O) groups is 1. The molecule has 1 saturated heterocycles. The second-order valence-corrected chi connectivity index (χ2v) is 7.36. The summed E-state index contributed by atoms with van der Waals surface area (Å²) in [5.41, 5.74) is 4.79. The van der Waals surface area contributed by atoms with E-state index in [1.807, 2.05) is 18.2 Å². The molecule has 0 unspecified atom stereocenters. The molecule has 1 aliphatic rings. The number of amides is 1. The van der Waals surface area contributed by atoms with Crippen LogP contribution in [0.15, 0.2) is 48.5 Å². The quantitative estimate of drug-likeness (QED) is 0.819. The molecule has 0 spiro atoms. The van der Waals surface area contributed by atoms with Crippen LogP contribution in [0.25, 0.3) is 0 Å². The van der Waals surface area contributed by atoms with E-state index in [-0.39, 0.29) is 5.91 Å². The van der Waals surface area contributed by atoms with Gasteiger partial charge in [-0.2, -0.15) is 0 Å². The maximum Gasteiger partial charge on any atom is 0.224 e. The van der Waals surface area contributed by atoms with Gasteiger partial charge in [0.05, 0.1) is 6.42 Å². The fourth-order valence-corrected chi connectivity index (χ4v) is 3.63. The Bertz CT molecular complexity index is 751. The van der Waals surface area contributed by atoms with Crippen LogP contribution in [0.5, 0.6) is 0 Å². The molecule has 1 N–H and O–H groups in total. The van der Waals surface area contributed by atoms with E-state index in [1.165, 1.54) is 16.7 Å². The third-order valence-corrected chi connectivity index (χ3v) is 5.51. The second kappa shape index (κ2) is 9.67. The third kappa shape index (κ3) is 5.65. The molecule has 2 aromatic rings. The van der Waals surface area contributed by atoms with Gasteiger partial charge in [-0.05, 0) is 35.7 Å². The summed E-state index contributed by atoms with van der Waals surface area (Å²) in [7, 11) is 0. The van der Waals surface area contributed by atoms with E-state index < -0.39 is 0 Å². The third-order valence-electron chi connectivity index (χ3n) is 5.51. The number of rotatable bonds is 7. The molecule has 1 heterocycles. The number of nitrogens with one attached hydrogen (secondary N) is 1. The maximum atomic E-state index is 12.4. The summed E-state index contributed by atoms with van der Waals surface area (Å²) in [6.07, 6.45) is 0.438. The fourth-order valence-electron chi connectivity index (χ4n) is 3.63. The lowest BCUT2D eigenvalue weighted by Gasteiger charge is -2.34. The molecule has 1 fully saturated rings. The minimum Gasteiger partial charge on any atom is -0.352 e. The van der Waals surface area contributed by atoms with Gasteiger partial charge in [-0.3, -0.25) is 9.69 Å². The molecular weight excluding hydrogens is 334 g/mol. The Balaban J connectivity index is 1.55. The van der Waals surface area contributed by atoms with Crippen LogP contribution in [0.3, 0.4) is 0 Å². The van der Waals surface area contributed by atoms with Gasteiger partial charge in [-0.25, -0.2) is 0 Å². The van der Waals surface area contributed by atoms with E-state index in [1.54, 1.807) is 0 Å². The van der Waals surface area contributed by atoms with Gasteiger partial charge in [0, 0.05) is 39.3 Å². The first kappa shape index (κ1) is 19.6. The van der Waals surface area contributed by atoms with E-state index >= 15 is 0 Å². The highest BCUT2D eigenvalue weighted by molar-refractivity contribution is 5.78. The molecule has 0 aromatic heterocycles. The van der Waals surface area contributed by atoms with Crippen molar-refractivity contribution in [3.63, 3.8) is 0 Å². The molecule has 27 heavy (non-hydrogen) atoms. The number of hydrogen-bond acceptors (Lipinski definition) is 3. The number of likely N-dealkylation sites (N-methyl/N-ethyl adjacent to an activating group) is 1. The Labute approximate surface area is 163 Å². The molecule has 0 radical (unpaired) electrons. The van der Waals surface area contributed by atoms with Gasteiger partial charge in [-0.15, -0.1) is 0 Å². The summed E-state index contributed by atoms with van der Waals surface area (Å²) < 4.78 is 0. The molecule has 1 amide bonds. The van der Waals surface area contributed by atoms with Crippen molar-refractivity contribution in [2.75, 3.05) is 32.7 Å². The summed E-state index contributed by atoms with van der Waals surface area (Å²) in [4.78, 5) is 17.4. The Morgan fingerprint density at radius 2 is 1.48 bits per heavy atom. The predicted octanol–water partition coefficient (Wildman–Crippen LogP) is 2.99. The molecule has 144 valence electrons. The van der Waals surface area contributed by atoms with Gasteiger partial charge >= 0.3 is 0 Å². The molecule has 0 bridgehead atoms. The van der Waals surface area contributed by atoms with Crippen LogP contribution in [0.4, 0.5) is 0 Å². The first-order valence-electron chi connectivity index (χ1n) is 9.98. The number of hydrogen-bond donors (Lipinski definition) is 1. The topological polar surface area (TPSA) is 35.6 Å². The molecule has 4 nitrogen and oxygen atoms in total. The minimum atomic E-state index is 0.0793. The van der Waals surface area contributed by atoms with Crippen LogP contribution in [0.1, 0.15) is 29.2 Å². The van der Waals surface area contributed by atoms with Crippen LogP contribution in [0, 0.1) is 6.92 Å². The lowest BCUT2D eigenvalue weighted by atomic mass is 10.0. The zero-order valence-corrected chi connectivity index (χ0v) is 16.6. The van der Waals surface area contributed by atoms with Gasteiger partial charge in [0.15, 0.2) is 0 Å². The van der Waals surface area contributed by atoms with E-state index in [9.17, 15) is 4.79 Å². The standard InChI is InChI=1S/C23H31N3O/c1-3-25-12-14-26(15-13-25)18-22-11-7-6-10-21(22)17-24-23(27)16-20-9-5-4-8-19(20)2/h4-11H,3,12-18H2,1-2H3,(H,24,27). The van der Waals surface area contributed by atoms with Crippen LogP contribution in [-0.2, 0) is 24.3 Å². The molecular formula is C23H31N3O. The molecule has 0 atom stereocenters. The SMILES string of the molecule is CCN1CCN(Cc2ccccc2CNC(=O)Cc2ccccc2C)CC1. The first-order chi connectivity index (χ1) is 13.2. The smallest absolute Gasteiger partial charge is 0.224 e. The molecule has 0 saturated carbocycles. The van der Waals surface area contributed by atoms with Crippen LogP contribution in [-0.4, -0.2) is 48.4 Å². The molecule has 0 aliphatic carbocycles. The maximum absolute atomic E-state index is 12.4. The normalized spacial score (nSPS) is 15.6.